The number of amides is 2. The second kappa shape index (κ2) is 7.62. The monoisotopic (exact) mass is 322 g/mol. The van der Waals surface area contributed by atoms with Crippen LogP contribution in [0.15, 0.2) is 0 Å². The minimum absolute atomic E-state index is 0.164. The maximum Gasteiger partial charge on any atom is 0.236 e. The summed E-state index contributed by atoms with van der Waals surface area (Å²) in [6.45, 7) is 8.52. The van der Waals surface area contributed by atoms with Crippen molar-refractivity contribution in [3.63, 3.8) is 0 Å². The first kappa shape index (κ1) is 16.7. The molecule has 23 heavy (non-hydrogen) atoms. The maximum absolute atomic E-state index is 12.5. The largest absolute Gasteiger partial charge is 0.340 e. The number of likely N-dealkylation sites (tertiary alicyclic amines) is 1. The third-order valence-corrected chi connectivity index (χ3v) is 5.58. The lowest BCUT2D eigenvalue weighted by molar-refractivity contribution is -0.138. The van der Waals surface area contributed by atoms with Gasteiger partial charge in [-0.25, -0.2) is 0 Å². The first-order valence-corrected chi connectivity index (χ1v) is 9.16. The zero-order valence-corrected chi connectivity index (χ0v) is 14.3. The van der Waals surface area contributed by atoms with Crippen molar-refractivity contribution in [3.8, 4) is 0 Å². The molecule has 2 atom stereocenters. The van der Waals surface area contributed by atoms with Crippen molar-refractivity contribution in [2.24, 2.45) is 5.92 Å². The zero-order valence-electron chi connectivity index (χ0n) is 14.3. The Bertz CT molecular complexity index is 428. The van der Waals surface area contributed by atoms with Gasteiger partial charge in [0.2, 0.25) is 11.8 Å². The SMILES string of the molecule is CC1CCCCN1C(=O)CN1CCN(C(=O)C2CCNC2)CC1. The maximum atomic E-state index is 12.5. The van der Waals surface area contributed by atoms with E-state index >= 15 is 0 Å². The fraction of sp³-hybridized carbons (Fsp3) is 0.882. The Morgan fingerprint density at radius 3 is 2.48 bits per heavy atom. The highest BCUT2D eigenvalue weighted by Gasteiger charge is 2.31. The molecule has 3 aliphatic heterocycles. The third kappa shape index (κ3) is 4.04. The van der Waals surface area contributed by atoms with E-state index in [-0.39, 0.29) is 11.8 Å². The number of carbonyl (C=O) groups is 2. The molecule has 0 radical (unpaired) electrons. The molecule has 2 amide bonds. The number of carbonyl (C=O) groups excluding carboxylic acids is 2. The average molecular weight is 322 g/mol. The van der Waals surface area contributed by atoms with Gasteiger partial charge >= 0.3 is 0 Å². The minimum Gasteiger partial charge on any atom is -0.340 e. The van der Waals surface area contributed by atoms with Gasteiger partial charge in [-0.1, -0.05) is 0 Å². The number of hydrogen-bond donors (Lipinski definition) is 1. The topological polar surface area (TPSA) is 55.9 Å². The quantitative estimate of drug-likeness (QED) is 0.803. The van der Waals surface area contributed by atoms with E-state index in [0.717, 1.165) is 65.1 Å². The van der Waals surface area contributed by atoms with Gasteiger partial charge < -0.3 is 15.1 Å². The van der Waals surface area contributed by atoms with Gasteiger partial charge in [0.05, 0.1) is 12.5 Å². The van der Waals surface area contributed by atoms with Gasteiger partial charge in [0, 0.05) is 45.3 Å². The van der Waals surface area contributed by atoms with Gasteiger partial charge in [0.15, 0.2) is 0 Å². The van der Waals surface area contributed by atoms with Gasteiger partial charge in [-0.15, -0.1) is 0 Å². The number of nitrogens with zero attached hydrogens (tertiary/aromatic N) is 3. The summed E-state index contributed by atoms with van der Waals surface area (Å²) in [5, 5.41) is 3.26. The van der Waals surface area contributed by atoms with E-state index in [4.69, 9.17) is 0 Å². The second-order valence-electron chi connectivity index (χ2n) is 7.22. The minimum atomic E-state index is 0.164. The van der Waals surface area contributed by atoms with Crippen LogP contribution in [0.5, 0.6) is 0 Å². The molecule has 130 valence electrons. The Morgan fingerprint density at radius 1 is 1.04 bits per heavy atom. The van der Waals surface area contributed by atoms with Crippen LogP contribution >= 0.6 is 0 Å². The number of hydrogen-bond acceptors (Lipinski definition) is 4. The normalized spacial score (nSPS) is 29.8. The molecule has 0 aliphatic carbocycles. The highest BCUT2D eigenvalue weighted by molar-refractivity contribution is 5.80. The van der Waals surface area contributed by atoms with Crippen LogP contribution in [0.25, 0.3) is 0 Å². The molecule has 0 aromatic heterocycles. The molecular weight excluding hydrogens is 292 g/mol. The van der Waals surface area contributed by atoms with E-state index in [2.05, 4.69) is 17.1 Å². The van der Waals surface area contributed by atoms with Crippen molar-refractivity contribution in [1.29, 1.82) is 0 Å². The van der Waals surface area contributed by atoms with Crippen molar-refractivity contribution in [3.05, 3.63) is 0 Å². The predicted octanol–water partition coefficient (Wildman–Crippen LogP) is 0.141. The van der Waals surface area contributed by atoms with Crippen molar-refractivity contribution in [2.75, 3.05) is 52.4 Å². The summed E-state index contributed by atoms with van der Waals surface area (Å²) in [4.78, 5) is 31.2. The third-order valence-electron chi connectivity index (χ3n) is 5.58. The van der Waals surface area contributed by atoms with Crippen LogP contribution in [0.1, 0.15) is 32.6 Å². The fourth-order valence-electron chi connectivity index (χ4n) is 4.00. The van der Waals surface area contributed by atoms with Crippen LogP contribution < -0.4 is 5.32 Å². The van der Waals surface area contributed by atoms with Crippen LogP contribution in [0, 0.1) is 5.92 Å². The summed E-state index contributed by atoms with van der Waals surface area (Å²) >= 11 is 0. The predicted molar refractivity (Wildman–Crippen MR) is 89.0 cm³/mol. The summed E-state index contributed by atoms with van der Waals surface area (Å²) in [5.74, 6) is 0.722. The average Bonchev–Trinajstić information content (AvgIpc) is 3.09. The van der Waals surface area contributed by atoms with Crippen LogP contribution in [-0.4, -0.2) is 84.9 Å². The molecule has 0 saturated carbocycles. The van der Waals surface area contributed by atoms with Gasteiger partial charge in [-0.05, 0) is 39.2 Å². The second-order valence-corrected chi connectivity index (χ2v) is 7.22. The lowest BCUT2D eigenvalue weighted by Crippen LogP contribution is -2.54. The lowest BCUT2D eigenvalue weighted by atomic mass is 10.0. The lowest BCUT2D eigenvalue weighted by Gasteiger charge is -2.38. The zero-order chi connectivity index (χ0) is 16.2. The molecule has 0 aromatic carbocycles. The van der Waals surface area contributed by atoms with Crippen molar-refractivity contribution in [2.45, 2.75) is 38.6 Å². The van der Waals surface area contributed by atoms with Crippen molar-refractivity contribution < 1.29 is 9.59 Å². The summed E-state index contributed by atoms with van der Waals surface area (Å²) in [5.41, 5.74) is 0. The van der Waals surface area contributed by atoms with E-state index in [1.54, 1.807) is 0 Å². The van der Waals surface area contributed by atoms with E-state index in [9.17, 15) is 9.59 Å². The molecule has 3 heterocycles. The fourth-order valence-corrected chi connectivity index (χ4v) is 4.00. The highest BCUT2D eigenvalue weighted by atomic mass is 16.2. The van der Waals surface area contributed by atoms with Gasteiger partial charge in [-0.2, -0.15) is 0 Å². The summed E-state index contributed by atoms with van der Waals surface area (Å²) in [6.07, 6.45) is 4.46. The number of piperazine rings is 1. The van der Waals surface area contributed by atoms with Gasteiger partial charge in [-0.3, -0.25) is 14.5 Å². The Morgan fingerprint density at radius 2 is 1.83 bits per heavy atom. The van der Waals surface area contributed by atoms with Crippen LogP contribution in [0.4, 0.5) is 0 Å². The Hall–Kier alpha value is -1.14. The Balaban J connectivity index is 1.43. The summed E-state index contributed by atoms with van der Waals surface area (Å²) in [6, 6.07) is 0.383. The van der Waals surface area contributed by atoms with Crippen LogP contribution in [0.2, 0.25) is 0 Å². The van der Waals surface area contributed by atoms with Crippen LogP contribution in [-0.2, 0) is 9.59 Å². The molecule has 0 aromatic rings. The van der Waals surface area contributed by atoms with E-state index < -0.39 is 0 Å². The van der Waals surface area contributed by atoms with Gasteiger partial charge in [0.1, 0.15) is 0 Å². The molecule has 3 rings (SSSR count). The summed E-state index contributed by atoms with van der Waals surface area (Å²) in [7, 11) is 0. The molecule has 2 unspecified atom stereocenters. The first-order chi connectivity index (χ1) is 11.1. The molecule has 3 fully saturated rings. The number of nitrogens with one attached hydrogen (secondary N) is 1. The molecular formula is C17H30N4O2. The molecule has 3 saturated heterocycles. The highest BCUT2D eigenvalue weighted by Crippen LogP contribution is 2.17. The molecule has 0 spiro atoms. The molecule has 1 N–H and O–H groups in total. The van der Waals surface area contributed by atoms with Crippen molar-refractivity contribution >= 4 is 11.8 Å². The summed E-state index contributed by atoms with van der Waals surface area (Å²) < 4.78 is 0. The Labute approximate surface area is 139 Å². The number of rotatable bonds is 3. The standard InChI is InChI=1S/C17H30N4O2/c1-14-4-2-3-7-21(14)16(22)13-19-8-10-20(11-9-19)17(23)15-5-6-18-12-15/h14-15,18H,2-13H2,1H3. The Kier molecular flexibility index (Phi) is 5.54. The van der Waals surface area contributed by atoms with Crippen LogP contribution in [0.3, 0.4) is 0 Å². The molecule has 3 aliphatic rings. The van der Waals surface area contributed by atoms with Crippen molar-refractivity contribution in [1.82, 2.24) is 20.0 Å². The smallest absolute Gasteiger partial charge is 0.236 e. The molecule has 6 heteroatoms. The first-order valence-electron chi connectivity index (χ1n) is 9.16. The van der Waals surface area contributed by atoms with Gasteiger partial charge in [0.25, 0.3) is 0 Å². The van der Waals surface area contributed by atoms with E-state index in [1.165, 1.54) is 6.42 Å². The van der Waals surface area contributed by atoms with E-state index in [0.29, 0.717) is 18.5 Å². The molecule has 0 bridgehead atoms. The molecule has 6 nitrogen and oxygen atoms in total. The number of piperidine rings is 1. The van der Waals surface area contributed by atoms with E-state index in [1.807, 2.05) is 9.80 Å².